The Morgan fingerprint density at radius 2 is 1.66 bits per heavy atom. The van der Waals surface area contributed by atoms with Crippen molar-refractivity contribution in [1.29, 1.82) is 0 Å². The van der Waals surface area contributed by atoms with E-state index in [0.717, 1.165) is 12.0 Å². The molecule has 0 heterocycles. The SMILES string of the molecule is C=CCN(C(=O)C(C)NC(=O)OC(C)(C)C)C(C(=O)NC(C)(C)C)c1ccc(CC)cc1. The van der Waals surface area contributed by atoms with Crippen LogP contribution in [0.1, 0.15) is 72.6 Å². The second kappa shape index (κ2) is 11.2. The van der Waals surface area contributed by atoms with E-state index in [1.165, 1.54) is 4.90 Å². The van der Waals surface area contributed by atoms with Crippen LogP contribution in [-0.4, -0.2) is 46.5 Å². The Morgan fingerprint density at radius 3 is 2.09 bits per heavy atom. The summed E-state index contributed by atoms with van der Waals surface area (Å²) in [6, 6.07) is 5.84. The average molecular weight is 446 g/mol. The third-order valence-corrected chi connectivity index (χ3v) is 4.47. The van der Waals surface area contributed by atoms with Crippen LogP contribution in [0, 0.1) is 0 Å². The minimum absolute atomic E-state index is 0.136. The molecule has 0 bridgehead atoms. The number of alkyl carbamates (subject to hydrolysis) is 1. The smallest absolute Gasteiger partial charge is 0.408 e. The lowest BCUT2D eigenvalue weighted by Crippen LogP contribution is -2.53. The highest BCUT2D eigenvalue weighted by Gasteiger charge is 2.35. The molecule has 2 atom stereocenters. The molecule has 1 aromatic rings. The molecule has 32 heavy (non-hydrogen) atoms. The van der Waals surface area contributed by atoms with Crippen LogP contribution in [0.5, 0.6) is 0 Å². The molecule has 0 saturated heterocycles. The zero-order valence-corrected chi connectivity index (χ0v) is 20.7. The first-order chi connectivity index (χ1) is 14.7. The lowest BCUT2D eigenvalue weighted by molar-refractivity contribution is -0.142. The Kier molecular flexibility index (Phi) is 9.49. The highest BCUT2D eigenvalue weighted by Crippen LogP contribution is 2.24. The lowest BCUT2D eigenvalue weighted by atomic mass is 9.99. The summed E-state index contributed by atoms with van der Waals surface area (Å²) in [4.78, 5) is 40.3. The van der Waals surface area contributed by atoms with Crippen molar-refractivity contribution in [3.8, 4) is 0 Å². The van der Waals surface area contributed by atoms with Crippen LogP contribution in [0.25, 0.3) is 0 Å². The summed E-state index contributed by atoms with van der Waals surface area (Å²) in [5, 5.41) is 5.54. The van der Waals surface area contributed by atoms with Gasteiger partial charge >= 0.3 is 6.09 Å². The molecule has 2 N–H and O–H groups in total. The van der Waals surface area contributed by atoms with Gasteiger partial charge in [-0.15, -0.1) is 6.58 Å². The molecular weight excluding hydrogens is 406 g/mol. The number of benzene rings is 1. The Balaban J connectivity index is 3.29. The molecule has 0 aliphatic carbocycles. The first kappa shape index (κ1) is 27.2. The van der Waals surface area contributed by atoms with E-state index in [1.807, 2.05) is 45.0 Å². The van der Waals surface area contributed by atoms with Crippen LogP contribution in [0.4, 0.5) is 4.79 Å². The fourth-order valence-corrected chi connectivity index (χ4v) is 3.10. The summed E-state index contributed by atoms with van der Waals surface area (Å²) < 4.78 is 5.26. The predicted octanol–water partition coefficient (Wildman–Crippen LogP) is 4.13. The van der Waals surface area contributed by atoms with Crippen LogP contribution in [0.15, 0.2) is 36.9 Å². The van der Waals surface area contributed by atoms with Gasteiger partial charge in [-0.1, -0.05) is 37.3 Å². The van der Waals surface area contributed by atoms with E-state index in [9.17, 15) is 14.4 Å². The van der Waals surface area contributed by atoms with Gasteiger partial charge in [0.05, 0.1) is 0 Å². The first-order valence-electron chi connectivity index (χ1n) is 11.0. The Hall–Kier alpha value is -2.83. The number of amides is 3. The van der Waals surface area contributed by atoms with Crippen molar-refractivity contribution in [3.05, 3.63) is 48.0 Å². The van der Waals surface area contributed by atoms with Gasteiger partial charge in [-0.2, -0.15) is 0 Å². The number of aryl methyl sites for hydroxylation is 1. The zero-order chi connectivity index (χ0) is 24.7. The van der Waals surface area contributed by atoms with Gasteiger partial charge in [-0.3, -0.25) is 9.59 Å². The van der Waals surface area contributed by atoms with Gasteiger partial charge in [0.15, 0.2) is 0 Å². The van der Waals surface area contributed by atoms with Crippen LogP contribution >= 0.6 is 0 Å². The van der Waals surface area contributed by atoms with E-state index in [-0.39, 0.29) is 12.5 Å². The third kappa shape index (κ3) is 8.73. The van der Waals surface area contributed by atoms with Gasteiger partial charge < -0.3 is 20.3 Å². The van der Waals surface area contributed by atoms with Crippen molar-refractivity contribution < 1.29 is 19.1 Å². The standard InChI is InChI=1S/C25H39N3O4/c1-10-16-28(22(30)17(3)26-23(31)32-25(7,8)9)20(21(29)27-24(4,5)6)19-14-12-18(11-2)13-15-19/h10,12-15,17,20H,1,11,16H2,2-9H3,(H,26,31)(H,27,29). The molecule has 0 aliphatic rings. The summed E-state index contributed by atoms with van der Waals surface area (Å²) in [6.45, 7) is 18.4. The molecule has 0 saturated carbocycles. The number of ether oxygens (including phenoxy) is 1. The normalized spacial score (nSPS) is 13.5. The zero-order valence-electron chi connectivity index (χ0n) is 20.7. The quantitative estimate of drug-likeness (QED) is 0.589. The van der Waals surface area contributed by atoms with E-state index in [0.29, 0.717) is 5.56 Å². The number of rotatable bonds is 8. The van der Waals surface area contributed by atoms with Crippen molar-refractivity contribution in [2.45, 2.75) is 85.0 Å². The Labute approximate surface area is 192 Å². The molecule has 1 rings (SSSR count). The predicted molar refractivity (Wildman–Crippen MR) is 127 cm³/mol. The van der Waals surface area contributed by atoms with Gasteiger partial charge in [0.1, 0.15) is 17.7 Å². The fourth-order valence-electron chi connectivity index (χ4n) is 3.10. The number of nitrogens with one attached hydrogen (secondary N) is 2. The molecule has 1 aromatic carbocycles. The summed E-state index contributed by atoms with van der Waals surface area (Å²) in [5.74, 6) is -0.717. The highest BCUT2D eigenvalue weighted by atomic mass is 16.6. The molecule has 178 valence electrons. The third-order valence-electron chi connectivity index (χ3n) is 4.47. The summed E-state index contributed by atoms with van der Waals surface area (Å²) in [6.07, 6.45) is 1.74. The summed E-state index contributed by atoms with van der Waals surface area (Å²) >= 11 is 0. The van der Waals surface area contributed by atoms with Gasteiger partial charge in [0.25, 0.3) is 0 Å². The Morgan fingerprint density at radius 1 is 1.09 bits per heavy atom. The van der Waals surface area contributed by atoms with Gasteiger partial charge in [0, 0.05) is 12.1 Å². The van der Waals surface area contributed by atoms with Crippen molar-refractivity contribution in [2.24, 2.45) is 0 Å². The molecule has 0 spiro atoms. The number of carbonyl (C=O) groups excluding carboxylic acids is 3. The monoisotopic (exact) mass is 445 g/mol. The van der Waals surface area contributed by atoms with E-state index in [1.54, 1.807) is 33.8 Å². The second-order valence-electron chi connectivity index (χ2n) is 9.88. The van der Waals surface area contributed by atoms with Crippen molar-refractivity contribution in [3.63, 3.8) is 0 Å². The van der Waals surface area contributed by atoms with E-state index in [4.69, 9.17) is 4.74 Å². The van der Waals surface area contributed by atoms with Gasteiger partial charge in [-0.05, 0) is 66.0 Å². The largest absolute Gasteiger partial charge is 0.444 e. The minimum Gasteiger partial charge on any atom is -0.444 e. The van der Waals surface area contributed by atoms with Crippen LogP contribution in [0.2, 0.25) is 0 Å². The summed E-state index contributed by atoms with van der Waals surface area (Å²) in [7, 11) is 0. The number of hydrogen-bond acceptors (Lipinski definition) is 4. The first-order valence-corrected chi connectivity index (χ1v) is 11.0. The fraction of sp³-hybridized carbons (Fsp3) is 0.560. The maximum atomic E-state index is 13.4. The molecule has 3 amide bonds. The molecule has 7 heteroatoms. The van der Waals surface area contributed by atoms with Crippen molar-refractivity contribution in [2.75, 3.05) is 6.54 Å². The van der Waals surface area contributed by atoms with Crippen LogP contribution in [0.3, 0.4) is 0 Å². The summed E-state index contributed by atoms with van der Waals surface area (Å²) in [5.41, 5.74) is 0.639. The maximum Gasteiger partial charge on any atom is 0.408 e. The van der Waals surface area contributed by atoms with Crippen LogP contribution in [-0.2, 0) is 20.7 Å². The molecular formula is C25H39N3O4. The van der Waals surface area contributed by atoms with Crippen molar-refractivity contribution >= 4 is 17.9 Å². The molecule has 7 nitrogen and oxygen atoms in total. The molecule has 2 unspecified atom stereocenters. The molecule has 0 radical (unpaired) electrons. The molecule has 0 aromatic heterocycles. The number of nitrogens with zero attached hydrogens (tertiary/aromatic N) is 1. The second-order valence-corrected chi connectivity index (χ2v) is 9.88. The van der Waals surface area contributed by atoms with Gasteiger partial charge in [0.2, 0.25) is 11.8 Å². The topological polar surface area (TPSA) is 87.7 Å². The van der Waals surface area contributed by atoms with Crippen LogP contribution < -0.4 is 10.6 Å². The van der Waals surface area contributed by atoms with E-state index in [2.05, 4.69) is 24.1 Å². The molecule has 0 aliphatic heterocycles. The minimum atomic E-state index is -0.898. The maximum absolute atomic E-state index is 13.4. The highest BCUT2D eigenvalue weighted by molar-refractivity contribution is 5.92. The van der Waals surface area contributed by atoms with E-state index < -0.39 is 35.2 Å². The Bertz CT molecular complexity index is 804. The van der Waals surface area contributed by atoms with Crippen molar-refractivity contribution in [1.82, 2.24) is 15.5 Å². The number of hydrogen-bond donors (Lipinski definition) is 2. The number of carbonyl (C=O) groups is 3. The molecule has 0 fully saturated rings. The van der Waals surface area contributed by atoms with Gasteiger partial charge in [-0.25, -0.2) is 4.79 Å². The average Bonchev–Trinajstić information content (AvgIpc) is 2.64. The van der Waals surface area contributed by atoms with E-state index >= 15 is 0 Å². The lowest BCUT2D eigenvalue weighted by Gasteiger charge is -2.34.